The van der Waals surface area contributed by atoms with Crippen LogP contribution in [0.25, 0.3) is 11.1 Å². The van der Waals surface area contributed by atoms with Gasteiger partial charge in [0.25, 0.3) is 0 Å². The fourth-order valence-corrected chi connectivity index (χ4v) is 3.66. The first kappa shape index (κ1) is 16.7. The molecule has 3 heteroatoms. The van der Waals surface area contributed by atoms with Gasteiger partial charge in [0.15, 0.2) is 0 Å². The quantitative estimate of drug-likeness (QED) is 0.856. The van der Waals surface area contributed by atoms with Crippen LogP contribution in [0.4, 0.5) is 0 Å². The monoisotopic (exact) mass is 322 g/mol. The number of rotatable bonds is 6. The van der Waals surface area contributed by atoms with Crippen LogP contribution in [0.5, 0.6) is 0 Å². The lowest BCUT2D eigenvalue weighted by molar-refractivity contribution is -0.125. The highest BCUT2D eigenvalue weighted by molar-refractivity contribution is 5.79. The molecule has 2 aromatic carbocycles. The summed E-state index contributed by atoms with van der Waals surface area (Å²) in [5.41, 5.74) is 9.47. The van der Waals surface area contributed by atoms with Crippen LogP contribution in [0.1, 0.15) is 24.8 Å². The average molecular weight is 322 g/mol. The normalized spacial score (nSPS) is 20.0. The van der Waals surface area contributed by atoms with Gasteiger partial charge in [-0.05, 0) is 48.4 Å². The maximum atomic E-state index is 12.3. The number of hydrogen-bond acceptors (Lipinski definition) is 2. The summed E-state index contributed by atoms with van der Waals surface area (Å²) in [6.07, 6.45) is 4.05. The smallest absolute Gasteiger partial charge is 0.223 e. The Morgan fingerprint density at radius 1 is 1.04 bits per heavy atom. The largest absolute Gasteiger partial charge is 0.356 e. The highest BCUT2D eigenvalue weighted by atomic mass is 16.1. The molecule has 126 valence electrons. The summed E-state index contributed by atoms with van der Waals surface area (Å²) >= 11 is 0. The van der Waals surface area contributed by atoms with Gasteiger partial charge in [0, 0.05) is 12.5 Å². The van der Waals surface area contributed by atoms with Crippen molar-refractivity contribution in [2.45, 2.75) is 25.7 Å². The van der Waals surface area contributed by atoms with Crippen LogP contribution in [0.15, 0.2) is 54.6 Å². The summed E-state index contributed by atoms with van der Waals surface area (Å²) in [4.78, 5) is 12.3. The Hall–Kier alpha value is -2.13. The molecule has 0 bridgehead atoms. The molecule has 3 nitrogen and oxygen atoms in total. The topological polar surface area (TPSA) is 55.1 Å². The van der Waals surface area contributed by atoms with Crippen molar-refractivity contribution < 1.29 is 4.79 Å². The first-order chi connectivity index (χ1) is 11.8. The molecular weight excluding hydrogens is 296 g/mol. The number of benzene rings is 2. The van der Waals surface area contributed by atoms with E-state index in [0.29, 0.717) is 19.0 Å². The number of nitrogens with two attached hydrogens (primary N) is 1. The predicted molar refractivity (Wildman–Crippen MR) is 98.5 cm³/mol. The molecule has 0 heterocycles. The molecule has 0 spiro atoms. The number of carbonyl (C=O) groups is 1. The van der Waals surface area contributed by atoms with E-state index in [1.165, 1.54) is 16.7 Å². The van der Waals surface area contributed by atoms with Crippen LogP contribution in [0.2, 0.25) is 0 Å². The van der Waals surface area contributed by atoms with Gasteiger partial charge in [0.2, 0.25) is 5.91 Å². The van der Waals surface area contributed by atoms with Crippen molar-refractivity contribution in [3.05, 3.63) is 60.2 Å². The fraction of sp³-hybridized carbons (Fsp3) is 0.381. The van der Waals surface area contributed by atoms with Crippen molar-refractivity contribution in [1.29, 1.82) is 0 Å². The molecule has 0 unspecified atom stereocenters. The number of hydrogen-bond donors (Lipinski definition) is 2. The van der Waals surface area contributed by atoms with Crippen LogP contribution in [0, 0.1) is 11.8 Å². The summed E-state index contributed by atoms with van der Waals surface area (Å²) < 4.78 is 0. The SMILES string of the molecule is NC[C@H]1CCC[C@H]1C(=O)NCCc1cccc(-c2ccccc2)c1. The van der Waals surface area contributed by atoms with E-state index in [9.17, 15) is 4.79 Å². The number of nitrogens with one attached hydrogen (secondary N) is 1. The third kappa shape index (κ3) is 4.04. The average Bonchev–Trinajstić information content (AvgIpc) is 3.11. The summed E-state index contributed by atoms with van der Waals surface area (Å²) in [6, 6.07) is 18.9. The van der Waals surface area contributed by atoms with Crippen molar-refractivity contribution >= 4 is 5.91 Å². The lowest BCUT2D eigenvalue weighted by atomic mass is 9.95. The lowest BCUT2D eigenvalue weighted by Gasteiger charge is -2.17. The fourth-order valence-electron chi connectivity index (χ4n) is 3.66. The summed E-state index contributed by atoms with van der Waals surface area (Å²) in [6.45, 7) is 1.31. The Kier molecular flexibility index (Phi) is 5.65. The minimum Gasteiger partial charge on any atom is -0.356 e. The van der Waals surface area contributed by atoms with Crippen molar-refractivity contribution in [2.24, 2.45) is 17.6 Å². The highest BCUT2D eigenvalue weighted by Crippen LogP contribution is 2.30. The molecule has 2 aromatic rings. The first-order valence-electron chi connectivity index (χ1n) is 8.90. The van der Waals surface area contributed by atoms with Gasteiger partial charge in [-0.1, -0.05) is 61.0 Å². The molecule has 1 aliphatic carbocycles. The van der Waals surface area contributed by atoms with Crippen molar-refractivity contribution in [2.75, 3.05) is 13.1 Å². The lowest BCUT2D eigenvalue weighted by Crippen LogP contribution is -2.36. The molecule has 24 heavy (non-hydrogen) atoms. The Bertz CT molecular complexity index is 669. The molecule has 0 aromatic heterocycles. The third-order valence-electron chi connectivity index (χ3n) is 5.05. The summed E-state index contributed by atoms with van der Waals surface area (Å²) in [7, 11) is 0. The molecule has 1 fully saturated rings. The Morgan fingerprint density at radius 2 is 1.83 bits per heavy atom. The van der Waals surface area contributed by atoms with E-state index in [-0.39, 0.29) is 11.8 Å². The van der Waals surface area contributed by atoms with Gasteiger partial charge in [0.1, 0.15) is 0 Å². The minimum absolute atomic E-state index is 0.116. The summed E-state index contributed by atoms with van der Waals surface area (Å²) in [5.74, 6) is 0.666. The second kappa shape index (κ2) is 8.11. The molecular formula is C21H26N2O. The Morgan fingerprint density at radius 3 is 2.62 bits per heavy atom. The molecule has 3 N–H and O–H groups in total. The van der Waals surface area contributed by atoms with Gasteiger partial charge in [-0.15, -0.1) is 0 Å². The van der Waals surface area contributed by atoms with Crippen molar-refractivity contribution in [3.63, 3.8) is 0 Å². The van der Waals surface area contributed by atoms with Crippen LogP contribution < -0.4 is 11.1 Å². The van der Waals surface area contributed by atoms with E-state index in [0.717, 1.165) is 25.7 Å². The number of amides is 1. The van der Waals surface area contributed by atoms with Gasteiger partial charge >= 0.3 is 0 Å². The van der Waals surface area contributed by atoms with Crippen molar-refractivity contribution in [3.8, 4) is 11.1 Å². The second-order valence-corrected chi connectivity index (χ2v) is 6.64. The zero-order valence-corrected chi connectivity index (χ0v) is 14.1. The molecule has 0 aliphatic heterocycles. The molecule has 2 atom stereocenters. The molecule has 1 saturated carbocycles. The van der Waals surface area contributed by atoms with Gasteiger partial charge in [0.05, 0.1) is 0 Å². The van der Waals surface area contributed by atoms with E-state index in [1.54, 1.807) is 0 Å². The minimum atomic E-state index is 0.116. The van der Waals surface area contributed by atoms with E-state index in [2.05, 4.69) is 53.8 Å². The molecule has 0 saturated heterocycles. The zero-order chi connectivity index (χ0) is 16.8. The van der Waals surface area contributed by atoms with E-state index in [1.807, 2.05) is 6.07 Å². The van der Waals surface area contributed by atoms with Gasteiger partial charge in [-0.2, -0.15) is 0 Å². The van der Waals surface area contributed by atoms with E-state index >= 15 is 0 Å². The molecule has 1 aliphatic rings. The highest BCUT2D eigenvalue weighted by Gasteiger charge is 2.31. The molecule has 1 amide bonds. The Balaban J connectivity index is 1.55. The van der Waals surface area contributed by atoms with E-state index < -0.39 is 0 Å². The second-order valence-electron chi connectivity index (χ2n) is 6.64. The first-order valence-corrected chi connectivity index (χ1v) is 8.90. The molecule has 3 rings (SSSR count). The maximum absolute atomic E-state index is 12.3. The van der Waals surface area contributed by atoms with Crippen LogP contribution >= 0.6 is 0 Å². The summed E-state index contributed by atoms with van der Waals surface area (Å²) in [5, 5.41) is 3.10. The zero-order valence-electron chi connectivity index (χ0n) is 14.1. The van der Waals surface area contributed by atoms with Crippen LogP contribution in [-0.2, 0) is 11.2 Å². The van der Waals surface area contributed by atoms with Crippen LogP contribution in [-0.4, -0.2) is 19.0 Å². The number of carbonyl (C=O) groups excluding carboxylic acids is 1. The predicted octanol–water partition coefficient (Wildman–Crippen LogP) is 3.39. The van der Waals surface area contributed by atoms with Gasteiger partial charge < -0.3 is 11.1 Å². The third-order valence-corrected chi connectivity index (χ3v) is 5.05. The van der Waals surface area contributed by atoms with Crippen molar-refractivity contribution in [1.82, 2.24) is 5.32 Å². The van der Waals surface area contributed by atoms with Crippen LogP contribution in [0.3, 0.4) is 0 Å². The van der Waals surface area contributed by atoms with Gasteiger partial charge in [-0.3, -0.25) is 4.79 Å². The maximum Gasteiger partial charge on any atom is 0.223 e. The Labute approximate surface area is 144 Å². The standard InChI is InChI=1S/C21H26N2O/c22-15-19-10-5-11-20(19)21(24)23-13-12-16-6-4-9-18(14-16)17-7-2-1-3-8-17/h1-4,6-9,14,19-20H,5,10-13,15,22H2,(H,23,24)/t19-,20-/m1/s1. The molecule has 0 radical (unpaired) electrons. The van der Waals surface area contributed by atoms with E-state index in [4.69, 9.17) is 5.73 Å². The van der Waals surface area contributed by atoms with Gasteiger partial charge in [-0.25, -0.2) is 0 Å².